The first kappa shape index (κ1) is 38.0. The molecule has 0 spiro atoms. The second-order valence-corrected chi connectivity index (χ2v) is 14.7. The lowest BCUT2D eigenvalue weighted by Crippen LogP contribution is -2.48. The van der Waals surface area contributed by atoms with Gasteiger partial charge in [-0.05, 0) is 89.0 Å². The first-order valence-corrected chi connectivity index (χ1v) is 17.8. The van der Waals surface area contributed by atoms with Crippen LogP contribution in [0.15, 0.2) is 84.0 Å². The third kappa shape index (κ3) is 8.78. The number of hydrogen-bond donors (Lipinski definition) is 2. The van der Waals surface area contributed by atoms with E-state index in [1.54, 1.807) is 51.1 Å². The first-order chi connectivity index (χ1) is 24.7. The van der Waals surface area contributed by atoms with Crippen LogP contribution in [0.4, 0.5) is 15.0 Å². The molecule has 0 aliphatic carbocycles. The van der Waals surface area contributed by atoms with Crippen molar-refractivity contribution in [3.63, 3.8) is 0 Å². The smallest absolute Gasteiger partial charge is 0.446 e. The Bertz CT molecular complexity index is 2200. The zero-order valence-electron chi connectivity index (χ0n) is 28.7. The minimum absolute atomic E-state index is 0.00898. The number of carbonyl (C=O) groups is 1. The van der Waals surface area contributed by atoms with Crippen LogP contribution < -0.4 is 25.3 Å². The predicted octanol–water partition coefficient (Wildman–Crippen LogP) is 5.12. The summed E-state index contributed by atoms with van der Waals surface area (Å²) in [5.74, 6) is -0.431. The van der Waals surface area contributed by atoms with Crippen LogP contribution in [0.3, 0.4) is 0 Å². The van der Waals surface area contributed by atoms with E-state index in [0.29, 0.717) is 17.1 Å². The van der Waals surface area contributed by atoms with Crippen LogP contribution in [-0.2, 0) is 27.9 Å². The number of halogens is 2. The summed E-state index contributed by atoms with van der Waals surface area (Å²) in [6.07, 6.45) is -0.717. The van der Waals surface area contributed by atoms with Crippen LogP contribution in [0.25, 0.3) is 17.2 Å². The second-order valence-electron chi connectivity index (χ2n) is 12.1. The summed E-state index contributed by atoms with van der Waals surface area (Å²) < 4.78 is 70.4. The Kier molecular flexibility index (Phi) is 11.7. The molecule has 16 nitrogen and oxygen atoms in total. The molecular weight excluding hydrogens is 769 g/mol. The van der Waals surface area contributed by atoms with Crippen molar-refractivity contribution in [3.05, 3.63) is 92.6 Å². The topological polar surface area (TPSA) is 193 Å². The van der Waals surface area contributed by atoms with Crippen LogP contribution in [0.1, 0.15) is 31.9 Å². The number of methoxy groups -OCH3 is 2. The number of anilines is 1. The van der Waals surface area contributed by atoms with Gasteiger partial charge in [0.2, 0.25) is 21.7 Å². The Balaban J connectivity index is 1.27. The normalized spacial score (nSPS) is 11.7. The van der Waals surface area contributed by atoms with Crippen molar-refractivity contribution < 1.29 is 41.0 Å². The van der Waals surface area contributed by atoms with Crippen molar-refractivity contribution in [1.29, 1.82) is 0 Å². The molecule has 0 fully saturated rings. The molecule has 0 saturated heterocycles. The van der Waals surface area contributed by atoms with Crippen molar-refractivity contribution in [2.45, 2.75) is 44.4 Å². The average Bonchev–Trinajstić information content (AvgIpc) is 3.74. The summed E-state index contributed by atoms with van der Waals surface area (Å²) in [6.45, 7) is 5.25. The summed E-state index contributed by atoms with van der Waals surface area (Å²) in [6, 6.07) is 15.3. The van der Waals surface area contributed by atoms with Gasteiger partial charge in [0.15, 0.2) is 5.69 Å². The van der Waals surface area contributed by atoms with E-state index in [1.165, 1.54) is 49.5 Å². The maximum absolute atomic E-state index is 13.9. The first-order valence-electron chi connectivity index (χ1n) is 15.6. The minimum atomic E-state index is -4.07. The zero-order chi connectivity index (χ0) is 37.6. The molecule has 0 unspecified atom stereocenters. The fraction of sp³-hybridized carbons (Fsp3) is 0.303. The molecule has 3 aromatic carbocycles. The third-order valence-electron chi connectivity index (χ3n) is 7.66. The number of ether oxygens (including phenoxy) is 3. The molecule has 2 aromatic heterocycles. The standard InChI is InChI=1S/C33H35BrFN7O9S/c1-33(2,3)41(15-14-36-29-28(38-51-39-29)30-40-50-32(44)42(30)22-9-13-26(35)25(34)16-22)31(43)49-19-21-8-12-24(48-5)17-27(21)52(45,46)37-18-20-6-10-23(47-4)11-7-20/h6-13,16-17,37H,14-15,18-19H2,1-5H3,(H,36,39). The molecule has 0 aliphatic heterocycles. The molecule has 2 N–H and O–H groups in total. The van der Waals surface area contributed by atoms with Crippen LogP contribution in [0.2, 0.25) is 0 Å². The molecule has 0 saturated carbocycles. The highest BCUT2D eigenvalue weighted by Gasteiger charge is 2.29. The van der Waals surface area contributed by atoms with Gasteiger partial charge in [0, 0.05) is 36.8 Å². The van der Waals surface area contributed by atoms with Gasteiger partial charge in [-0.15, -0.1) is 0 Å². The summed E-state index contributed by atoms with van der Waals surface area (Å²) in [4.78, 5) is 27.4. The van der Waals surface area contributed by atoms with Gasteiger partial charge in [-0.25, -0.2) is 36.3 Å². The molecule has 1 amide bonds. The van der Waals surface area contributed by atoms with E-state index in [4.69, 9.17) is 23.4 Å². The van der Waals surface area contributed by atoms with Crippen LogP contribution in [-0.4, -0.2) is 72.3 Å². The Labute approximate surface area is 306 Å². The lowest BCUT2D eigenvalue weighted by atomic mass is 10.1. The van der Waals surface area contributed by atoms with E-state index in [9.17, 15) is 22.4 Å². The maximum atomic E-state index is 13.9. The number of rotatable bonds is 14. The van der Waals surface area contributed by atoms with Gasteiger partial charge in [0.25, 0.3) is 0 Å². The van der Waals surface area contributed by atoms with E-state index < -0.39 is 33.2 Å². The highest BCUT2D eigenvalue weighted by Crippen LogP contribution is 2.27. The average molecular weight is 805 g/mol. The van der Waals surface area contributed by atoms with Gasteiger partial charge in [-0.2, -0.15) is 0 Å². The highest BCUT2D eigenvalue weighted by molar-refractivity contribution is 9.10. The molecule has 52 heavy (non-hydrogen) atoms. The zero-order valence-corrected chi connectivity index (χ0v) is 31.1. The maximum Gasteiger partial charge on any atom is 0.446 e. The fourth-order valence-electron chi connectivity index (χ4n) is 4.94. The number of nitrogens with one attached hydrogen (secondary N) is 2. The van der Waals surface area contributed by atoms with Gasteiger partial charge in [-0.1, -0.05) is 23.4 Å². The molecule has 0 radical (unpaired) electrons. The quantitative estimate of drug-likeness (QED) is 0.150. The van der Waals surface area contributed by atoms with Crippen molar-refractivity contribution in [1.82, 2.24) is 29.7 Å². The molecule has 0 bridgehead atoms. The molecular formula is C33H35BrFN7O9S. The van der Waals surface area contributed by atoms with E-state index in [-0.39, 0.29) is 64.2 Å². The van der Waals surface area contributed by atoms with Crippen molar-refractivity contribution in [2.24, 2.45) is 0 Å². The Morgan fingerprint density at radius 3 is 2.38 bits per heavy atom. The fourth-order valence-corrected chi connectivity index (χ4v) is 6.56. The second kappa shape index (κ2) is 16.0. The lowest BCUT2D eigenvalue weighted by Gasteiger charge is -2.34. The van der Waals surface area contributed by atoms with Crippen molar-refractivity contribution >= 4 is 37.9 Å². The highest BCUT2D eigenvalue weighted by atomic mass is 79.9. The predicted molar refractivity (Wildman–Crippen MR) is 188 cm³/mol. The van der Waals surface area contributed by atoms with Gasteiger partial charge in [0.1, 0.15) is 23.9 Å². The number of carbonyl (C=O) groups excluding carboxylic acids is 1. The minimum Gasteiger partial charge on any atom is -0.497 e. The lowest BCUT2D eigenvalue weighted by molar-refractivity contribution is 0.0643. The summed E-state index contributed by atoms with van der Waals surface area (Å²) in [7, 11) is -1.12. The molecule has 19 heteroatoms. The third-order valence-corrected chi connectivity index (χ3v) is 9.76. The number of amides is 1. The molecule has 5 rings (SSSR count). The number of aromatic nitrogens is 4. The van der Waals surface area contributed by atoms with Gasteiger partial charge in [0.05, 0.1) is 29.3 Å². The molecule has 0 atom stereocenters. The van der Waals surface area contributed by atoms with Gasteiger partial charge < -0.3 is 24.4 Å². The van der Waals surface area contributed by atoms with Gasteiger partial charge >= 0.3 is 11.8 Å². The summed E-state index contributed by atoms with van der Waals surface area (Å²) in [5, 5.41) is 14.5. The van der Waals surface area contributed by atoms with Crippen LogP contribution in [0.5, 0.6) is 11.5 Å². The number of nitrogens with zero attached hydrogens (tertiary/aromatic N) is 5. The van der Waals surface area contributed by atoms with Crippen molar-refractivity contribution in [2.75, 3.05) is 32.6 Å². The molecule has 0 aliphatic rings. The summed E-state index contributed by atoms with van der Waals surface area (Å²) in [5.41, 5.74) is 0.463. The Morgan fingerprint density at radius 2 is 1.71 bits per heavy atom. The Morgan fingerprint density at radius 1 is 1.00 bits per heavy atom. The van der Waals surface area contributed by atoms with E-state index in [0.717, 1.165) is 4.57 Å². The van der Waals surface area contributed by atoms with Crippen LogP contribution >= 0.6 is 15.9 Å². The van der Waals surface area contributed by atoms with E-state index >= 15 is 0 Å². The SMILES string of the molecule is COc1ccc(CNS(=O)(=O)c2cc(OC)ccc2COC(=O)N(CCNc2nonc2-c2noc(=O)n2-c2ccc(F)c(Br)c2)C(C)(C)C)cc1. The van der Waals surface area contributed by atoms with E-state index in [1.807, 2.05) is 0 Å². The van der Waals surface area contributed by atoms with Crippen LogP contribution in [0, 0.1) is 5.82 Å². The van der Waals surface area contributed by atoms with E-state index in [2.05, 4.69) is 41.4 Å². The molecule has 5 aromatic rings. The van der Waals surface area contributed by atoms with Gasteiger partial charge in [-0.3, -0.25) is 4.52 Å². The number of hydrogen-bond acceptors (Lipinski definition) is 13. The van der Waals surface area contributed by atoms with Crippen molar-refractivity contribution in [3.8, 4) is 28.7 Å². The Hall–Kier alpha value is -5.27. The molecule has 2 heterocycles. The monoisotopic (exact) mass is 803 g/mol. The number of sulfonamides is 1. The largest absolute Gasteiger partial charge is 0.497 e. The molecule has 276 valence electrons. The summed E-state index contributed by atoms with van der Waals surface area (Å²) >= 11 is 3.10. The number of benzene rings is 3.